The zero-order valence-electron chi connectivity index (χ0n) is 11.6. The summed E-state index contributed by atoms with van der Waals surface area (Å²) in [6.07, 6.45) is 2.17. The van der Waals surface area contributed by atoms with Crippen molar-refractivity contribution in [3.05, 3.63) is 0 Å². The summed E-state index contributed by atoms with van der Waals surface area (Å²) in [5.41, 5.74) is 0. The topological polar surface area (TPSA) is 60.9 Å². The Morgan fingerprint density at radius 1 is 1.28 bits per heavy atom. The van der Waals surface area contributed by atoms with Crippen LogP contribution in [0.25, 0.3) is 0 Å². The van der Waals surface area contributed by atoms with Gasteiger partial charge in [0.25, 0.3) is 0 Å². The first-order valence-electron chi connectivity index (χ1n) is 6.67. The average molecular weight is 256 g/mol. The van der Waals surface area contributed by atoms with Gasteiger partial charge in [0.1, 0.15) is 0 Å². The molecule has 0 aromatic rings. The Labute approximate surface area is 109 Å². The number of aliphatic carboxylic acids is 1. The van der Waals surface area contributed by atoms with Crippen LogP contribution in [-0.4, -0.2) is 59.0 Å². The molecule has 18 heavy (non-hydrogen) atoms. The molecule has 5 heteroatoms. The normalized spacial score (nSPS) is 15.2. The van der Waals surface area contributed by atoms with E-state index in [1.807, 2.05) is 25.7 Å². The van der Waals surface area contributed by atoms with Crippen molar-refractivity contribution in [1.82, 2.24) is 9.80 Å². The van der Waals surface area contributed by atoms with E-state index in [0.29, 0.717) is 25.0 Å². The van der Waals surface area contributed by atoms with Crippen molar-refractivity contribution in [3.63, 3.8) is 0 Å². The van der Waals surface area contributed by atoms with Gasteiger partial charge in [0.05, 0.1) is 13.1 Å². The van der Waals surface area contributed by atoms with Crippen molar-refractivity contribution in [2.75, 3.05) is 26.2 Å². The molecule has 5 nitrogen and oxygen atoms in total. The van der Waals surface area contributed by atoms with Gasteiger partial charge in [-0.2, -0.15) is 0 Å². The smallest absolute Gasteiger partial charge is 0.317 e. The molecule has 0 radical (unpaired) electrons. The molecule has 1 aliphatic rings. The van der Waals surface area contributed by atoms with E-state index in [0.717, 1.165) is 12.8 Å². The first-order chi connectivity index (χ1) is 8.43. The minimum absolute atomic E-state index is 0.0573. The van der Waals surface area contributed by atoms with Gasteiger partial charge in [-0.25, -0.2) is 0 Å². The Balaban J connectivity index is 2.51. The van der Waals surface area contributed by atoms with E-state index in [1.165, 1.54) is 0 Å². The lowest BCUT2D eigenvalue weighted by atomic mass is 10.2. The maximum atomic E-state index is 12.1. The van der Waals surface area contributed by atoms with Gasteiger partial charge in [-0.15, -0.1) is 0 Å². The second-order valence-electron chi connectivity index (χ2n) is 5.37. The third kappa shape index (κ3) is 5.04. The van der Waals surface area contributed by atoms with E-state index < -0.39 is 5.97 Å². The van der Waals surface area contributed by atoms with Gasteiger partial charge in [-0.05, 0) is 25.7 Å². The molecule has 1 rings (SSSR count). The average Bonchev–Trinajstić information content (AvgIpc) is 3.00. The first kappa shape index (κ1) is 15.0. The molecule has 0 saturated heterocycles. The molecule has 0 aromatic heterocycles. The van der Waals surface area contributed by atoms with Crippen LogP contribution in [0.5, 0.6) is 0 Å². The molecule has 0 unspecified atom stereocenters. The molecule has 1 amide bonds. The van der Waals surface area contributed by atoms with E-state index in [-0.39, 0.29) is 19.0 Å². The summed E-state index contributed by atoms with van der Waals surface area (Å²) in [5, 5.41) is 8.86. The highest BCUT2D eigenvalue weighted by atomic mass is 16.4. The lowest BCUT2D eigenvalue weighted by Crippen LogP contribution is -2.44. The molecule has 0 aliphatic heterocycles. The molecule has 1 N–H and O–H groups in total. The van der Waals surface area contributed by atoms with E-state index in [2.05, 4.69) is 0 Å². The van der Waals surface area contributed by atoms with Gasteiger partial charge in [0.15, 0.2) is 0 Å². The summed E-state index contributed by atoms with van der Waals surface area (Å²) in [7, 11) is 0. The summed E-state index contributed by atoms with van der Waals surface area (Å²) in [6, 6.07) is 0.397. The van der Waals surface area contributed by atoms with Crippen molar-refractivity contribution in [3.8, 4) is 0 Å². The number of carbonyl (C=O) groups excluding carboxylic acids is 1. The third-order valence-electron chi connectivity index (χ3n) is 2.99. The molecule has 1 saturated carbocycles. The van der Waals surface area contributed by atoms with Crippen molar-refractivity contribution < 1.29 is 14.7 Å². The number of nitrogens with zero attached hydrogens (tertiary/aromatic N) is 2. The van der Waals surface area contributed by atoms with Crippen LogP contribution in [-0.2, 0) is 9.59 Å². The number of carbonyl (C=O) groups is 2. The third-order valence-corrected chi connectivity index (χ3v) is 2.99. The SMILES string of the molecule is CCN(C(=O)CN(CC(=O)O)CC(C)C)C1CC1. The van der Waals surface area contributed by atoms with Crippen molar-refractivity contribution in [2.45, 2.75) is 39.7 Å². The predicted octanol–water partition coefficient (Wildman–Crippen LogP) is 1.04. The fraction of sp³-hybridized carbons (Fsp3) is 0.846. The standard InChI is InChI=1S/C13H24N2O3/c1-4-15(11-5-6-11)12(16)8-14(7-10(2)3)9-13(17)18/h10-11H,4-9H2,1-3H3,(H,17,18). The molecule has 0 atom stereocenters. The zero-order valence-corrected chi connectivity index (χ0v) is 11.6. The van der Waals surface area contributed by atoms with Crippen LogP contribution < -0.4 is 0 Å². The summed E-state index contributed by atoms with van der Waals surface area (Å²) >= 11 is 0. The first-order valence-corrected chi connectivity index (χ1v) is 6.67. The molecule has 0 bridgehead atoms. The lowest BCUT2D eigenvalue weighted by Gasteiger charge is -2.26. The number of carboxylic acid groups (broad SMARTS) is 1. The molecule has 1 aliphatic carbocycles. The molecule has 1 fully saturated rings. The monoisotopic (exact) mass is 256 g/mol. The molecular formula is C13H24N2O3. The van der Waals surface area contributed by atoms with E-state index in [1.54, 1.807) is 4.90 Å². The second kappa shape index (κ2) is 6.73. The summed E-state index contributed by atoms with van der Waals surface area (Å²) < 4.78 is 0. The van der Waals surface area contributed by atoms with Crippen LogP contribution in [0.15, 0.2) is 0 Å². The Morgan fingerprint density at radius 2 is 1.89 bits per heavy atom. The van der Waals surface area contributed by atoms with Crippen molar-refractivity contribution >= 4 is 11.9 Å². The highest BCUT2D eigenvalue weighted by Gasteiger charge is 2.32. The van der Waals surface area contributed by atoms with Gasteiger partial charge >= 0.3 is 5.97 Å². The fourth-order valence-electron chi connectivity index (χ4n) is 2.20. The largest absolute Gasteiger partial charge is 0.480 e. The summed E-state index contributed by atoms with van der Waals surface area (Å²) in [6.45, 7) is 7.53. The maximum absolute atomic E-state index is 12.1. The minimum atomic E-state index is -0.877. The summed E-state index contributed by atoms with van der Waals surface area (Å²) in [4.78, 5) is 26.5. The number of carboxylic acids is 1. The second-order valence-corrected chi connectivity index (χ2v) is 5.37. The molecule has 104 valence electrons. The molecular weight excluding hydrogens is 232 g/mol. The number of amides is 1. The van der Waals surface area contributed by atoms with Crippen LogP contribution in [0.3, 0.4) is 0 Å². The van der Waals surface area contributed by atoms with Crippen LogP contribution in [0.1, 0.15) is 33.6 Å². The van der Waals surface area contributed by atoms with Crippen LogP contribution in [0.4, 0.5) is 0 Å². The molecule has 0 heterocycles. The number of likely N-dealkylation sites (N-methyl/N-ethyl adjacent to an activating group) is 1. The highest BCUT2D eigenvalue weighted by Crippen LogP contribution is 2.26. The van der Waals surface area contributed by atoms with E-state index >= 15 is 0 Å². The number of hydrogen-bond acceptors (Lipinski definition) is 3. The van der Waals surface area contributed by atoms with Gasteiger partial charge in [-0.1, -0.05) is 13.8 Å². The van der Waals surface area contributed by atoms with E-state index in [4.69, 9.17) is 5.11 Å². The van der Waals surface area contributed by atoms with Gasteiger partial charge in [0.2, 0.25) is 5.91 Å². The predicted molar refractivity (Wildman–Crippen MR) is 69.3 cm³/mol. The fourth-order valence-corrected chi connectivity index (χ4v) is 2.20. The molecule has 0 aromatic carbocycles. The Hall–Kier alpha value is -1.10. The number of hydrogen-bond donors (Lipinski definition) is 1. The van der Waals surface area contributed by atoms with E-state index in [9.17, 15) is 9.59 Å². The minimum Gasteiger partial charge on any atom is -0.480 e. The quantitative estimate of drug-likeness (QED) is 0.705. The van der Waals surface area contributed by atoms with Gasteiger partial charge < -0.3 is 10.0 Å². The van der Waals surface area contributed by atoms with Gasteiger partial charge in [-0.3, -0.25) is 14.5 Å². The molecule has 0 spiro atoms. The maximum Gasteiger partial charge on any atom is 0.317 e. The van der Waals surface area contributed by atoms with Crippen LogP contribution >= 0.6 is 0 Å². The Bertz CT molecular complexity index is 301. The summed E-state index contributed by atoms with van der Waals surface area (Å²) in [5.74, 6) is -0.465. The zero-order chi connectivity index (χ0) is 13.7. The van der Waals surface area contributed by atoms with Crippen LogP contribution in [0.2, 0.25) is 0 Å². The Kier molecular flexibility index (Phi) is 5.59. The Morgan fingerprint density at radius 3 is 2.28 bits per heavy atom. The van der Waals surface area contributed by atoms with Crippen molar-refractivity contribution in [2.24, 2.45) is 5.92 Å². The van der Waals surface area contributed by atoms with Gasteiger partial charge in [0, 0.05) is 19.1 Å². The number of rotatable bonds is 8. The van der Waals surface area contributed by atoms with Crippen molar-refractivity contribution in [1.29, 1.82) is 0 Å². The highest BCUT2D eigenvalue weighted by molar-refractivity contribution is 5.79. The lowest BCUT2D eigenvalue weighted by molar-refractivity contribution is -0.140. The van der Waals surface area contributed by atoms with Crippen LogP contribution in [0, 0.1) is 5.92 Å².